The number of hydrogen-bond donors (Lipinski definition) is 2. The fourth-order valence-corrected chi connectivity index (χ4v) is 2.42. The predicted molar refractivity (Wildman–Crippen MR) is 63.8 cm³/mol. The van der Waals surface area contributed by atoms with E-state index in [1.165, 1.54) is 11.8 Å². The summed E-state index contributed by atoms with van der Waals surface area (Å²) in [5.41, 5.74) is 1.27. The molecule has 2 amide bonds. The van der Waals surface area contributed by atoms with E-state index in [1.54, 1.807) is 19.2 Å². The first kappa shape index (κ1) is 11.0. The minimum absolute atomic E-state index is 0.0217. The maximum Gasteiger partial charge on any atom is 0.251 e. The average molecular weight is 236 g/mol. The Morgan fingerprint density at radius 1 is 1.50 bits per heavy atom. The van der Waals surface area contributed by atoms with Gasteiger partial charge in [0.25, 0.3) is 5.91 Å². The van der Waals surface area contributed by atoms with Crippen LogP contribution in [-0.2, 0) is 4.79 Å². The highest BCUT2D eigenvalue weighted by molar-refractivity contribution is 8.00. The van der Waals surface area contributed by atoms with E-state index in [1.807, 2.05) is 13.0 Å². The minimum Gasteiger partial charge on any atom is -0.355 e. The van der Waals surface area contributed by atoms with Crippen molar-refractivity contribution >= 4 is 29.3 Å². The van der Waals surface area contributed by atoms with Crippen molar-refractivity contribution in [3.8, 4) is 0 Å². The fourth-order valence-electron chi connectivity index (χ4n) is 1.49. The molecule has 1 aromatic rings. The molecule has 0 fully saturated rings. The van der Waals surface area contributed by atoms with Gasteiger partial charge in [-0.15, -0.1) is 11.8 Å². The molecule has 1 aliphatic heterocycles. The zero-order chi connectivity index (χ0) is 11.7. The number of benzene rings is 1. The lowest BCUT2D eigenvalue weighted by molar-refractivity contribution is -0.115. The molecule has 0 bridgehead atoms. The van der Waals surface area contributed by atoms with Gasteiger partial charge in [0, 0.05) is 17.5 Å². The molecule has 84 valence electrons. The molecule has 2 N–H and O–H groups in total. The Labute approximate surface area is 97.8 Å². The normalized spacial score (nSPS) is 18.6. The molecule has 0 unspecified atom stereocenters. The van der Waals surface area contributed by atoms with Crippen LogP contribution in [0.2, 0.25) is 0 Å². The summed E-state index contributed by atoms with van der Waals surface area (Å²) in [6.45, 7) is 1.86. The molecule has 16 heavy (non-hydrogen) atoms. The number of carbonyl (C=O) groups is 2. The van der Waals surface area contributed by atoms with Crippen molar-refractivity contribution in [1.29, 1.82) is 0 Å². The Morgan fingerprint density at radius 2 is 2.25 bits per heavy atom. The van der Waals surface area contributed by atoms with E-state index < -0.39 is 0 Å². The average Bonchev–Trinajstić information content (AvgIpc) is 2.29. The number of anilines is 1. The maximum absolute atomic E-state index is 11.5. The van der Waals surface area contributed by atoms with E-state index in [9.17, 15) is 9.59 Å². The molecule has 0 radical (unpaired) electrons. The van der Waals surface area contributed by atoms with Crippen LogP contribution in [0.3, 0.4) is 0 Å². The van der Waals surface area contributed by atoms with Crippen molar-refractivity contribution in [2.75, 3.05) is 12.4 Å². The quantitative estimate of drug-likeness (QED) is 0.776. The number of rotatable bonds is 1. The summed E-state index contributed by atoms with van der Waals surface area (Å²) in [5, 5.41) is 5.25. The second kappa shape index (κ2) is 4.17. The molecule has 1 aliphatic rings. The largest absolute Gasteiger partial charge is 0.355 e. The molecular weight excluding hydrogens is 224 g/mol. The number of nitrogens with one attached hydrogen (secondary N) is 2. The zero-order valence-corrected chi connectivity index (χ0v) is 9.85. The molecule has 1 aromatic carbocycles. The summed E-state index contributed by atoms with van der Waals surface area (Å²) in [6.07, 6.45) is 0. The van der Waals surface area contributed by atoms with Crippen LogP contribution in [-0.4, -0.2) is 24.1 Å². The van der Waals surface area contributed by atoms with E-state index in [0.29, 0.717) is 11.3 Å². The Morgan fingerprint density at radius 3 is 2.94 bits per heavy atom. The summed E-state index contributed by atoms with van der Waals surface area (Å²) in [5.74, 6) is -0.174. The first-order chi connectivity index (χ1) is 7.61. The zero-order valence-electron chi connectivity index (χ0n) is 9.03. The van der Waals surface area contributed by atoms with Gasteiger partial charge in [0.15, 0.2) is 0 Å². The van der Waals surface area contributed by atoms with Crippen LogP contribution in [0.5, 0.6) is 0 Å². The van der Waals surface area contributed by atoms with Gasteiger partial charge in [0.1, 0.15) is 0 Å². The smallest absolute Gasteiger partial charge is 0.251 e. The SMILES string of the molecule is CNC(=O)c1ccc2c(c1)NC(=O)[C@@H](C)S2. The van der Waals surface area contributed by atoms with Crippen LogP contribution in [0.25, 0.3) is 0 Å². The van der Waals surface area contributed by atoms with E-state index in [2.05, 4.69) is 10.6 Å². The van der Waals surface area contributed by atoms with Crippen LogP contribution in [0.4, 0.5) is 5.69 Å². The summed E-state index contributed by atoms with van der Waals surface area (Å²) >= 11 is 1.50. The molecule has 0 aliphatic carbocycles. The van der Waals surface area contributed by atoms with Crippen LogP contribution < -0.4 is 10.6 Å². The van der Waals surface area contributed by atoms with Gasteiger partial charge < -0.3 is 10.6 Å². The van der Waals surface area contributed by atoms with Gasteiger partial charge in [-0.1, -0.05) is 0 Å². The molecule has 1 atom stereocenters. The van der Waals surface area contributed by atoms with Crippen molar-refractivity contribution in [1.82, 2.24) is 5.32 Å². The van der Waals surface area contributed by atoms with Gasteiger partial charge in [-0.2, -0.15) is 0 Å². The molecule has 1 heterocycles. The van der Waals surface area contributed by atoms with Crippen molar-refractivity contribution in [2.24, 2.45) is 0 Å². The number of thioether (sulfide) groups is 1. The van der Waals surface area contributed by atoms with Crippen molar-refractivity contribution in [2.45, 2.75) is 17.1 Å². The van der Waals surface area contributed by atoms with Gasteiger partial charge in [0.05, 0.1) is 10.9 Å². The molecule has 0 saturated heterocycles. The monoisotopic (exact) mass is 236 g/mol. The van der Waals surface area contributed by atoms with Crippen LogP contribution in [0.15, 0.2) is 23.1 Å². The molecule has 0 spiro atoms. The fraction of sp³-hybridized carbons (Fsp3) is 0.273. The number of fused-ring (bicyclic) bond motifs is 1. The Hall–Kier alpha value is -1.49. The van der Waals surface area contributed by atoms with Crippen LogP contribution in [0.1, 0.15) is 17.3 Å². The topological polar surface area (TPSA) is 58.2 Å². The molecule has 2 rings (SSSR count). The molecule has 0 aromatic heterocycles. The van der Waals surface area contributed by atoms with Crippen molar-refractivity contribution in [3.63, 3.8) is 0 Å². The number of carbonyl (C=O) groups excluding carboxylic acids is 2. The summed E-state index contributed by atoms with van der Waals surface area (Å²) in [6, 6.07) is 5.32. The third-order valence-electron chi connectivity index (χ3n) is 2.40. The van der Waals surface area contributed by atoms with Gasteiger partial charge in [-0.05, 0) is 25.1 Å². The van der Waals surface area contributed by atoms with Gasteiger partial charge >= 0.3 is 0 Å². The highest BCUT2D eigenvalue weighted by atomic mass is 32.2. The van der Waals surface area contributed by atoms with E-state index >= 15 is 0 Å². The second-order valence-electron chi connectivity index (χ2n) is 3.54. The summed E-state index contributed by atoms with van der Waals surface area (Å²) in [4.78, 5) is 23.9. The van der Waals surface area contributed by atoms with Gasteiger partial charge in [-0.25, -0.2) is 0 Å². The van der Waals surface area contributed by atoms with Crippen molar-refractivity contribution < 1.29 is 9.59 Å². The van der Waals surface area contributed by atoms with Crippen LogP contribution in [0, 0.1) is 0 Å². The second-order valence-corrected chi connectivity index (χ2v) is 4.92. The molecule has 4 nitrogen and oxygen atoms in total. The number of hydrogen-bond acceptors (Lipinski definition) is 3. The summed E-state index contributed by atoms with van der Waals surface area (Å²) in [7, 11) is 1.58. The maximum atomic E-state index is 11.5. The minimum atomic E-state index is -0.152. The molecular formula is C11H12N2O2S. The Balaban J connectivity index is 2.36. The third-order valence-corrected chi connectivity index (χ3v) is 3.58. The highest BCUT2D eigenvalue weighted by Gasteiger charge is 2.23. The standard InChI is InChI=1S/C11H12N2O2S/c1-6-10(14)13-8-5-7(11(15)12-2)3-4-9(8)16-6/h3-6H,1-2H3,(H,12,15)(H,13,14)/t6-/m1/s1. The lowest BCUT2D eigenvalue weighted by Crippen LogP contribution is -2.27. The molecule has 0 saturated carbocycles. The van der Waals surface area contributed by atoms with Gasteiger partial charge in [-0.3, -0.25) is 9.59 Å². The lowest BCUT2D eigenvalue weighted by Gasteiger charge is -2.21. The van der Waals surface area contributed by atoms with Crippen LogP contribution >= 0.6 is 11.8 Å². The lowest BCUT2D eigenvalue weighted by atomic mass is 10.2. The third kappa shape index (κ3) is 1.90. The van der Waals surface area contributed by atoms with E-state index in [4.69, 9.17) is 0 Å². The molecule has 5 heteroatoms. The first-order valence-electron chi connectivity index (χ1n) is 4.95. The predicted octanol–water partition coefficient (Wildman–Crippen LogP) is 1.48. The Kier molecular flexibility index (Phi) is 2.87. The van der Waals surface area contributed by atoms with E-state index in [0.717, 1.165) is 4.90 Å². The highest BCUT2D eigenvalue weighted by Crippen LogP contribution is 2.35. The first-order valence-corrected chi connectivity index (χ1v) is 5.83. The van der Waals surface area contributed by atoms with E-state index in [-0.39, 0.29) is 17.1 Å². The summed E-state index contributed by atoms with van der Waals surface area (Å²) < 4.78 is 0. The number of amides is 2. The Bertz CT molecular complexity index is 459. The van der Waals surface area contributed by atoms with Crippen molar-refractivity contribution in [3.05, 3.63) is 23.8 Å². The van der Waals surface area contributed by atoms with Gasteiger partial charge in [0.2, 0.25) is 5.91 Å².